The Bertz CT molecular complexity index is 549. The number of benzene rings is 1. The Hall–Kier alpha value is -1.14. The molecule has 1 aromatic carbocycles. The second kappa shape index (κ2) is 8.11. The van der Waals surface area contributed by atoms with Crippen LogP contribution in [0.3, 0.4) is 0 Å². The van der Waals surface area contributed by atoms with E-state index in [4.69, 9.17) is 16.2 Å². The number of primary amides is 1. The molecule has 0 bridgehead atoms. The van der Waals surface area contributed by atoms with Crippen LogP contribution in [-0.4, -0.2) is 38.3 Å². The van der Waals surface area contributed by atoms with Crippen molar-refractivity contribution in [2.75, 3.05) is 20.2 Å². The molecule has 5 nitrogen and oxygen atoms in total. The zero-order valence-corrected chi connectivity index (χ0v) is 14.9. The van der Waals surface area contributed by atoms with Gasteiger partial charge in [-0.25, -0.2) is 0 Å². The Morgan fingerprint density at radius 3 is 2.70 bits per heavy atom. The summed E-state index contributed by atoms with van der Waals surface area (Å²) in [6, 6.07) is 5.90. The van der Waals surface area contributed by atoms with Crippen molar-refractivity contribution < 1.29 is 9.53 Å². The number of hydrogen-bond acceptors (Lipinski definition) is 4. The molecule has 0 heterocycles. The number of fused-ring (bicyclic) bond motifs is 1. The maximum atomic E-state index is 11.5. The molecule has 1 aliphatic rings. The molecule has 0 radical (unpaired) electrons. The van der Waals surface area contributed by atoms with Gasteiger partial charge in [-0.3, -0.25) is 4.79 Å². The molecule has 1 aliphatic carbocycles. The van der Waals surface area contributed by atoms with E-state index in [1.807, 2.05) is 12.1 Å². The van der Waals surface area contributed by atoms with E-state index < -0.39 is 0 Å². The smallest absolute Gasteiger partial charge is 0.248 e. The lowest BCUT2D eigenvalue weighted by Gasteiger charge is -2.45. The highest BCUT2D eigenvalue weighted by molar-refractivity contribution is 5.93. The van der Waals surface area contributed by atoms with Gasteiger partial charge in [0.2, 0.25) is 5.91 Å². The maximum Gasteiger partial charge on any atom is 0.248 e. The summed E-state index contributed by atoms with van der Waals surface area (Å²) in [7, 11) is 1.75. The lowest BCUT2D eigenvalue weighted by Crippen LogP contribution is -2.57. The van der Waals surface area contributed by atoms with Crippen LogP contribution in [0.25, 0.3) is 0 Å². The standard InChI is InChI=1S/C17H27N3O2.ClH/c1-17(2)13-9-12(16(19)21)6-5-11(13)10-14(22-3)15(17)20-8-4-7-18;/h5-6,9,14-15,20H,4,7-8,10,18H2,1-3H3,(H2,19,21);1H/t14-,15+;/m0./s1. The molecule has 0 fully saturated rings. The summed E-state index contributed by atoms with van der Waals surface area (Å²) in [5, 5.41) is 3.58. The van der Waals surface area contributed by atoms with Crippen LogP contribution in [0.15, 0.2) is 18.2 Å². The number of carbonyl (C=O) groups is 1. The van der Waals surface area contributed by atoms with Crippen molar-refractivity contribution in [1.29, 1.82) is 0 Å². The van der Waals surface area contributed by atoms with E-state index in [0.717, 1.165) is 19.4 Å². The van der Waals surface area contributed by atoms with E-state index in [9.17, 15) is 4.79 Å². The zero-order valence-electron chi connectivity index (χ0n) is 14.1. The monoisotopic (exact) mass is 341 g/mol. The van der Waals surface area contributed by atoms with Crippen molar-refractivity contribution in [3.8, 4) is 0 Å². The molecule has 0 aromatic heterocycles. The first-order valence-electron chi connectivity index (χ1n) is 7.81. The molecule has 2 atom stereocenters. The maximum absolute atomic E-state index is 11.5. The molecule has 1 amide bonds. The Labute approximate surface area is 144 Å². The SMILES string of the molecule is CO[C@H]1Cc2ccc(C(N)=O)cc2C(C)(C)[C@@H]1NCCCN.Cl. The first-order valence-corrected chi connectivity index (χ1v) is 7.81. The number of carbonyl (C=O) groups excluding carboxylic acids is 1. The normalized spacial score (nSPS) is 22.1. The highest BCUT2D eigenvalue weighted by atomic mass is 35.5. The highest BCUT2D eigenvalue weighted by Gasteiger charge is 2.42. The molecule has 6 heteroatoms. The second-order valence-electron chi connectivity index (χ2n) is 6.51. The van der Waals surface area contributed by atoms with E-state index in [1.165, 1.54) is 11.1 Å². The molecule has 2 rings (SSSR count). The minimum Gasteiger partial charge on any atom is -0.379 e. The number of rotatable bonds is 6. The van der Waals surface area contributed by atoms with Crippen LogP contribution in [-0.2, 0) is 16.6 Å². The Kier molecular flexibility index (Phi) is 7.02. The fraction of sp³-hybridized carbons (Fsp3) is 0.588. The van der Waals surface area contributed by atoms with Gasteiger partial charge in [-0.1, -0.05) is 19.9 Å². The number of amides is 1. The van der Waals surface area contributed by atoms with Gasteiger partial charge in [-0.05, 0) is 42.8 Å². The molecular formula is C17H28ClN3O2. The topological polar surface area (TPSA) is 90.4 Å². The molecule has 0 spiro atoms. The van der Waals surface area contributed by atoms with Gasteiger partial charge in [0.15, 0.2) is 0 Å². The van der Waals surface area contributed by atoms with Gasteiger partial charge in [-0.2, -0.15) is 0 Å². The summed E-state index contributed by atoms with van der Waals surface area (Å²) in [4.78, 5) is 11.5. The second-order valence-corrected chi connectivity index (χ2v) is 6.51. The van der Waals surface area contributed by atoms with Crippen LogP contribution >= 0.6 is 12.4 Å². The van der Waals surface area contributed by atoms with Gasteiger partial charge < -0.3 is 21.5 Å². The number of nitrogens with two attached hydrogens (primary N) is 2. The van der Waals surface area contributed by atoms with Crippen molar-refractivity contribution >= 4 is 18.3 Å². The third-order valence-corrected chi connectivity index (χ3v) is 4.71. The fourth-order valence-corrected chi connectivity index (χ4v) is 3.44. The lowest BCUT2D eigenvalue weighted by atomic mass is 9.67. The van der Waals surface area contributed by atoms with Crippen LogP contribution in [0.4, 0.5) is 0 Å². The summed E-state index contributed by atoms with van der Waals surface area (Å²) in [5.41, 5.74) is 13.8. The summed E-state index contributed by atoms with van der Waals surface area (Å²) in [6.45, 7) is 5.89. The van der Waals surface area contributed by atoms with E-state index in [2.05, 4.69) is 19.2 Å². The molecule has 130 valence electrons. The van der Waals surface area contributed by atoms with Crippen molar-refractivity contribution in [2.45, 2.75) is 44.2 Å². The molecule has 5 N–H and O–H groups in total. The number of nitrogens with one attached hydrogen (secondary N) is 1. The summed E-state index contributed by atoms with van der Waals surface area (Å²) < 4.78 is 5.72. The van der Waals surface area contributed by atoms with Crippen molar-refractivity contribution in [3.63, 3.8) is 0 Å². The molecule has 0 unspecified atom stereocenters. The summed E-state index contributed by atoms with van der Waals surface area (Å²) >= 11 is 0. The van der Waals surface area contributed by atoms with Gasteiger partial charge in [0.1, 0.15) is 0 Å². The van der Waals surface area contributed by atoms with Crippen molar-refractivity contribution in [3.05, 3.63) is 34.9 Å². The van der Waals surface area contributed by atoms with Gasteiger partial charge in [-0.15, -0.1) is 12.4 Å². The summed E-state index contributed by atoms with van der Waals surface area (Å²) in [5.74, 6) is -0.389. The Balaban J connectivity index is 0.00000264. The van der Waals surface area contributed by atoms with Gasteiger partial charge in [0.25, 0.3) is 0 Å². The van der Waals surface area contributed by atoms with Crippen LogP contribution in [0.1, 0.15) is 41.8 Å². The average molecular weight is 342 g/mol. The molecule has 23 heavy (non-hydrogen) atoms. The predicted molar refractivity (Wildman–Crippen MR) is 95.2 cm³/mol. The van der Waals surface area contributed by atoms with Crippen LogP contribution in [0.2, 0.25) is 0 Å². The van der Waals surface area contributed by atoms with E-state index in [0.29, 0.717) is 12.1 Å². The Morgan fingerprint density at radius 1 is 1.43 bits per heavy atom. The molecule has 0 saturated heterocycles. The quantitative estimate of drug-likeness (QED) is 0.681. The van der Waals surface area contributed by atoms with E-state index in [-0.39, 0.29) is 35.9 Å². The van der Waals surface area contributed by atoms with Gasteiger partial charge in [0.05, 0.1) is 6.10 Å². The summed E-state index contributed by atoms with van der Waals surface area (Å²) in [6.07, 6.45) is 1.85. The van der Waals surface area contributed by atoms with E-state index in [1.54, 1.807) is 13.2 Å². The predicted octanol–water partition coefficient (Wildman–Crippen LogP) is 1.36. The molecule has 1 aromatic rings. The molecule has 0 aliphatic heterocycles. The number of halogens is 1. The lowest BCUT2D eigenvalue weighted by molar-refractivity contribution is 0.0357. The van der Waals surface area contributed by atoms with E-state index >= 15 is 0 Å². The minimum atomic E-state index is -0.389. The molecule has 0 saturated carbocycles. The Morgan fingerprint density at radius 2 is 2.13 bits per heavy atom. The number of ether oxygens (including phenoxy) is 1. The van der Waals surface area contributed by atoms with Gasteiger partial charge >= 0.3 is 0 Å². The van der Waals surface area contributed by atoms with Gasteiger partial charge in [0, 0.05) is 30.6 Å². The van der Waals surface area contributed by atoms with Crippen molar-refractivity contribution in [2.24, 2.45) is 11.5 Å². The highest BCUT2D eigenvalue weighted by Crippen LogP contribution is 2.38. The first-order chi connectivity index (χ1) is 10.4. The molecular weight excluding hydrogens is 314 g/mol. The third-order valence-electron chi connectivity index (χ3n) is 4.71. The largest absolute Gasteiger partial charge is 0.379 e. The number of hydrogen-bond donors (Lipinski definition) is 3. The first kappa shape index (κ1) is 19.9. The minimum absolute atomic E-state index is 0. The van der Waals surface area contributed by atoms with Crippen LogP contribution in [0, 0.1) is 0 Å². The van der Waals surface area contributed by atoms with Crippen LogP contribution in [0.5, 0.6) is 0 Å². The fourth-order valence-electron chi connectivity index (χ4n) is 3.44. The zero-order chi connectivity index (χ0) is 16.3. The average Bonchev–Trinajstić information content (AvgIpc) is 2.48. The number of methoxy groups -OCH3 is 1. The van der Waals surface area contributed by atoms with Crippen LogP contribution < -0.4 is 16.8 Å². The third kappa shape index (κ3) is 4.04. The van der Waals surface area contributed by atoms with Crippen molar-refractivity contribution in [1.82, 2.24) is 5.32 Å².